The molecule has 6 rings (SSSR count). The molecule has 0 saturated heterocycles. The molecule has 2 atom stereocenters. The Balaban J connectivity index is 1.19. The number of methoxy groups -OCH3 is 1. The number of nitriles is 1. The van der Waals surface area contributed by atoms with Gasteiger partial charge in [-0.25, -0.2) is 0 Å². The standard InChI is InChI=1S/C34H30N4O3/c1-37(22-25-11-17-28(40-2)18-12-25)21-24-9-13-26(14-10-24)30-19-31-29-5-3-4-6-32(29)41-34(38(31)36-30)33(39)27-15-7-23(20-35)8-16-27/h3-19,31,34,36H,21-22H2,1-2H3. The molecule has 7 heteroatoms. The van der Waals surface area contributed by atoms with Crippen LogP contribution in [0.1, 0.15) is 44.2 Å². The van der Waals surface area contributed by atoms with E-state index in [0.29, 0.717) is 16.9 Å². The van der Waals surface area contributed by atoms with Crippen LogP contribution in [-0.2, 0) is 13.1 Å². The van der Waals surface area contributed by atoms with E-state index in [0.717, 1.165) is 35.7 Å². The van der Waals surface area contributed by atoms with Crippen molar-refractivity contribution in [1.82, 2.24) is 15.3 Å². The second-order valence-corrected chi connectivity index (χ2v) is 10.3. The average Bonchev–Trinajstić information content (AvgIpc) is 3.47. The molecule has 4 aromatic carbocycles. The van der Waals surface area contributed by atoms with Crippen LogP contribution in [0.15, 0.2) is 103 Å². The average molecular weight is 543 g/mol. The predicted molar refractivity (Wildman–Crippen MR) is 157 cm³/mol. The van der Waals surface area contributed by atoms with Crippen LogP contribution in [0.2, 0.25) is 0 Å². The highest BCUT2D eigenvalue weighted by Gasteiger charge is 2.43. The van der Waals surface area contributed by atoms with Crippen LogP contribution >= 0.6 is 0 Å². The molecule has 0 radical (unpaired) electrons. The molecule has 204 valence electrons. The number of carbonyl (C=O) groups is 1. The Hall–Kier alpha value is -4.90. The Morgan fingerprint density at radius 3 is 2.27 bits per heavy atom. The van der Waals surface area contributed by atoms with E-state index in [-0.39, 0.29) is 11.8 Å². The highest BCUT2D eigenvalue weighted by molar-refractivity contribution is 6.00. The number of hydrogen-bond acceptors (Lipinski definition) is 7. The van der Waals surface area contributed by atoms with Gasteiger partial charge in [0.1, 0.15) is 11.5 Å². The SMILES string of the molecule is COc1ccc(CN(C)Cc2ccc(C3=CC4c5ccccc5OC(C(=O)c5ccc(C#N)cc5)N4N3)cc2)cc1. The van der Waals surface area contributed by atoms with Gasteiger partial charge in [-0.05, 0) is 72.3 Å². The first-order valence-corrected chi connectivity index (χ1v) is 13.5. The molecule has 1 N–H and O–H groups in total. The maximum absolute atomic E-state index is 13.6. The van der Waals surface area contributed by atoms with Crippen LogP contribution in [0.5, 0.6) is 11.5 Å². The van der Waals surface area contributed by atoms with E-state index in [1.54, 1.807) is 31.4 Å². The number of hydrazine groups is 1. The van der Waals surface area contributed by atoms with Crippen LogP contribution in [0.3, 0.4) is 0 Å². The lowest BCUT2D eigenvalue weighted by Gasteiger charge is -2.37. The summed E-state index contributed by atoms with van der Waals surface area (Å²) in [7, 11) is 3.79. The zero-order chi connectivity index (χ0) is 28.3. The van der Waals surface area contributed by atoms with Gasteiger partial charge in [-0.2, -0.15) is 10.3 Å². The molecular formula is C34H30N4O3. The summed E-state index contributed by atoms with van der Waals surface area (Å²) in [4.78, 5) is 15.9. The number of ether oxygens (including phenoxy) is 2. The van der Waals surface area contributed by atoms with Gasteiger partial charge in [0.05, 0.1) is 30.5 Å². The molecule has 0 amide bonds. The van der Waals surface area contributed by atoms with Gasteiger partial charge in [0.15, 0.2) is 0 Å². The lowest BCUT2D eigenvalue weighted by Crippen LogP contribution is -2.52. The number of benzene rings is 4. The summed E-state index contributed by atoms with van der Waals surface area (Å²) in [5.74, 6) is 1.37. The fourth-order valence-electron chi connectivity index (χ4n) is 5.33. The molecule has 0 aromatic heterocycles. The molecule has 41 heavy (non-hydrogen) atoms. The highest BCUT2D eigenvalue weighted by Crippen LogP contribution is 2.42. The molecule has 0 aliphatic carbocycles. The summed E-state index contributed by atoms with van der Waals surface area (Å²) >= 11 is 0. The first-order valence-electron chi connectivity index (χ1n) is 13.5. The third kappa shape index (κ3) is 5.44. The quantitative estimate of drug-likeness (QED) is 0.286. The molecule has 0 fully saturated rings. The first-order chi connectivity index (χ1) is 20.0. The molecule has 0 saturated carbocycles. The molecule has 2 aliphatic rings. The van der Waals surface area contributed by atoms with E-state index in [4.69, 9.17) is 14.7 Å². The summed E-state index contributed by atoms with van der Waals surface area (Å²) in [6.07, 6.45) is 1.29. The van der Waals surface area contributed by atoms with Crippen molar-refractivity contribution in [2.24, 2.45) is 0 Å². The number of rotatable bonds is 8. The molecule has 0 spiro atoms. The topological polar surface area (TPSA) is 77.8 Å². The number of carbonyl (C=O) groups excluding carboxylic acids is 1. The van der Waals surface area contributed by atoms with Crippen molar-refractivity contribution in [3.05, 3.63) is 137 Å². The first kappa shape index (κ1) is 26.3. The summed E-state index contributed by atoms with van der Waals surface area (Å²) < 4.78 is 11.5. The van der Waals surface area contributed by atoms with Gasteiger partial charge in [0.25, 0.3) is 0 Å². The van der Waals surface area contributed by atoms with Gasteiger partial charge in [-0.3, -0.25) is 9.69 Å². The normalized spacial score (nSPS) is 17.5. The van der Waals surface area contributed by atoms with Crippen LogP contribution in [-0.4, -0.2) is 36.1 Å². The Morgan fingerprint density at radius 2 is 1.61 bits per heavy atom. The monoisotopic (exact) mass is 542 g/mol. The summed E-state index contributed by atoms with van der Waals surface area (Å²) in [6, 6.07) is 33.0. The Morgan fingerprint density at radius 1 is 0.951 bits per heavy atom. The molecule has 0 bridgehead atoms. The molecule has 4 aromatic rings. The molecule has 7 nitrogen and oxygen atoms in total. The van der Waals surface area contributed by atoms with E-state index >= 15 is 0 Å². The second kappa shape index (κ2) is 11.3. The lowest BCUT2D eigenvalue weighted by molar-refractivity contribution is -0.0151. The van der Waals surface area contributed by atoms with Crippen molar-refractivity contribution in [2.45, 2.75) is 25.4 Å². The summed E-state index contributed by atoms with van der Waals surface area (Å²) in [5, 5.41) is 11.0. The van der Waals surface area contributed by atoms with Crippen molar-refractivity contribution in [2.75, 3.05) is 14.2 Å². The minimum Gasteiger partial charge on any atom is -0.497 e. The summed E-state index contributed by atoms with van der Waals surface area (Å²) in [6.45, 7) is 1.65. The van der Waals surface area contributed by atoms with Crippen LogP contribution in [0.4, 0.5) is 0 Å². The van der Waals surface area contributed by atoms with Crippen LogP contribution < -0.4 is 14.9 Å². The third-order valence-corrected chi connectivity index (χ3v) is 7.45. The van der Waals surface area contributed by atoms with Crippen molar-refractivity contribution in [3.8, 4) is 17.6 Å². The van der Waals surface area contributed by atoms with Crippen molar-refractivity contribution >= 4 is 11.5 Å². The fourth-order valence-corrected chi connectivity index (χ4v) is 5.33. The van der Waals surface area contributed by atoms with E-state index < -0.39 is 6.23 Å². The van der Waals surface area contributed by atoms with Crippen molar-refractivity contribution in [1.29, 1.82) is 5.26 Å². The zero-order valence-electron chi connectivity index (χ0n) is 23.0. The Kier molecular flexibility index (Phi) is 7.26. The van der Waals surface area contributed by atoms with Gasteiger partial charge in [-0.15, -0.1) is 0 Å². The Bertz CT molecular complexity index is 1620. The molecule has 2 unspecified atom stereocenters. The van der Waals surface area contributed by atoms with Gasteiger partial charge in [-0.1, -0.05) is 54.6 Å². The Labute approximate surface area is 239 Å². The maximum Gasteiger partial charge on any atom is 0.233 e. The number of nitrogens with one attached hydrogen (secondary N) is 1. The number of ketones is 1. The van der Waals surface area contributed by atoms with Gasteiger partial charge in [0.2, 0.25) is 12.0 Å². The van der Waals surface area contributed by atoms with Crippen molar-refractivity contribution < 1.29 is 14.3 Å². The minimum absolute atomic E-state index is 0.169. The number of Topliss-reactive ketones (excluding diaryl/α,β-unsaturated/α-hetero) is 1. The lowest BCUT2D eigenvalue weighted by atomic mass is 10.00. The van der Waals surface area contributed by atoms with Crippen molar-refractivity contribution in [3.63, 3.8) is 0 Å². The van der Waals surface area contributed by atoms with E-state index in [9.17, 15) is 4.79 Å². The number of para-hydroxylation sites is 1. The van der Waals surface area contributed by atoms with Crippen LogP contribution in [0.25, 0.3) is 5.70 Å². The van der Waals surface area contributed by atoms with Gasteiger partial charge >= 0.3 is 0 Å². The second-order valence-electron chi connectivity index (χ2n) is 10.3. The highest BCUT2D eigenvalue weighted by atomic mass is 16.5. The number of fused-ring (bicyclic) bond motifs is 3. The number of nitrogens with zero attached hydrogens (tertiary/aromatic N) is 3. The van der Waals surface area contributed by atoms with Gasteiger partial charge < -0.3 is 14.9 Å². The molecule has 2 heterocycles. The third-order valence-electron chi connectivity index (χ3n) is 7.45. The van der Waals surface area contributed by atoms with Crippen LogP contribution in [0, 0.1) is 11.3 Å². The molecule has 2 aliphatic heterocycles. The van der Waals surface area contributed by atoms with Gasteiger partial charge in [0, 0.05) is 24.2 Å². The van der Waals surface area contributed by atoms with E-state index in [1.165, 1.54) is 11.1 Å². The summed E-state index contributed by atoms with van der Waals surface area (Å²) in [5.41, 5.74) is 9.84. The fraction of sp³-hybridized carbons (Fsp3) is 0.176. The van der Waals surface area contributed by atoms with E-state index in [2.05, 4.69) is 65.9 Å². The maximum atomic E-state index is 13.6. The molecular weight excluding hydrogens is 512 g/mol. The zero-order valence-corrected chi connectivity index (χ0v) is 23.0. The largest absolute Gasteiger partial charge is 0.497 e. The predicted octanol–water partition coefficient (Wildman–Crippen LogP) is 5.70. The number of hydrogen-bond donors (Lipinski definition) is 1. The van der Waals surface area contributed by atoms with E-state index in [1.807, 2.05) is 41.4 Å². The minimum atomic E-state index is -0.859. The smallest absolute Gasteiger partial charge is 0.233 e.